The van der Waals surface area contributed by atoms with Gasteiger partial charge in [0, 0.05) is 10.2 Å². The van der Waals surface area contributed by atoms with E-state index in [1.54, 1.807) is 18.2 Å². The van der Waals surface area contributed by atoms with Crippen molar-refractivity contribution in [3.05, 3.63) is 34.3 Å². The summed E-state index contributed by atoms with van der Waals surface area (Å²) in [6, 6.07) is 6.31. The Morgan fingerprint density at radius 3 is 2.72 bits per heavy atom. The molecule has 1 heterocycles. The minimum absolute atomic E-state index is 0.120. The molecule has 0 aromatic heterocycles. The molecule has 0 spiro atoms. The second kappa shape index (κ2) is 5.32. The molecule has 1 aromatic carbocycles. The summed E-state index contributed by atoms with van der Waals surface area (Å²) in [6.07, 6.45) is 0. The van der Waals surface area contributed by atoms with Crippen LogP contribution < -0.4 is 0 Å². The number of thioether (sulfide) groups is 1. The van der Waals surface area contributed by atoms with E-state index in [0.29, 0.717) is 15.8 Å². The number of carbonyl (C=O) groups excluding carboxylic acids is 1. The summed E-state index contributed by atoms with van der Waals surface area (Å²) in [5, 5.41) is 9.03. The van der Waals surface area contributed by atoms with Crippen molar-refractivity contribution in [3.63, 3.8) is 0 Å². The van der Waals surface area contributed by atoms with Crippen LogP contribution in [0.3, 0.4) is 0 Å². The Morgan fingerprint density at radius 1 is 1.44 bits per heavy atom. The van der Waals surface area contributed by atoms with Gasteiger partial charge in [0.1, 0.15) is 6.04 Å². The van der Waals surface area contributed by atoms with Crippen molar-refractivity contribution in [1.82, 2.24) is 4.90 Å². The van der Waals surface area contributed by atoms with E-state index in [9.17, 15) is 9.59 Å². The standard InChI is InChI=1S/C12H12BrNO3S/c1-7-14(10(6-18-7)12(16)17)11(15)8-4-2-3-5-9(8)13/h2-5,7,10H,6H2,1H3,(H,16,17). The summed E-state index contributed by atoms with van der Waals surface area (Å²) in [6.45, 7) is 1.85. The van der Waals surface area contributed by atoms with E-state index in [1.165, 1.54) is 16.7 Å². The van der Waals surface area contributed by atoms with Crippen molar-refractivity contribution in [2.75, 3.05) is 5.75 Å². The molecular formula is C12H12BrNO3S. The van der Waals surface area contributed by atoms with Crippen LogP contribution in [0.5, 0.6) is 0 Å². The molecule has 1 aliphatic heterocycles. The van der Waals surface area contributed by atoms with Crippen LogP contribution in [0.25, 0.3) is 0 Å². The Bertz CT molecular complexity index is 494. The van der Waals surface area contributed by atoms with Crippen molar-refractivity contribution in [2.45, 2.75) is 18.3 Å². The van der Waals surface area contributed by atoms with Gasteiger partial charge in [0.25, 0.3) is 5.91 Å². The Morgan fingerprint density at radius 2 is 2.11 bits per heavy atom. The minimum Gasteiger partial charge on any atom is -0.480 e. The summed E-state index contributed by atoms with van der Waals surface area (Å²) >= 11 is 4.80. The van der Waals surface area contributed by atoms with E-state index in [4.69, 9.17) is 5.11 Å². The fraction of sp³-hybridized carbons (Fsp3) is 0.333. The lowest BCUT2D eigenvalue weighted by Gasteiger charge is -2.25. The first-order chi connectivity index (χ1) is 8.52. The van der Waals surface area contributed by atoms with Crippen LogP contribution in [0.2, 0.25) is 0 Å². The molecule has 0 aliphatic carbocycles. The molecule has 1 aromatic rings. The number of rotatable bonds is 2. The highest BCUT2D eigenvalue weighted by molar-refractivity contribution is 9.10. The van der Waals surface area contributed by atoms with Crippen LogP contribution in [0.4, 0.5) is 0 Å². The first-order valence-corrected chi connectivity index (χ1v) is 7.28. The van der Waals surface area contributed by atoms with Crippen LogP contribution in [0.15, 0.2) is 28.7 Å². The van der Waals surface area contributed by atoms with Gasteiger partial charge in [0.2, 0.25) is 0 Å². The highest BCUT2D eigenvalue weighted by atomic mass is 79.9. The van der Waals surface area contributed by atoms with Gasteiger partial charge in [-0.3, -0.25) is 4.79 Å². The summed E-state index contributed by atoms with van der Waals surface area (Å²) in [5.41, 5.74) is 0.498. The molecule has 1 aliphatic rings. The van der Waals surface area contributed by atoms with Crippen LogP contribution in [0, 0.1) is 0 Å². The third kappa shape index (κ3) is 2.40. The van der Waals surface area contributed by atoms with Gasteiger partial charge in [-0.15, -0.1) is 11.8 Å². The summed E-state index contributed by atoms with van der Waals surface area (Å²) in [4.78, 5) is 25.0. The molecule has 0 saturated carbocycles. The van der Waals surface area contributed by atoms with Crippen LogP contribution >= 0.6 is 27.7 Å². The van der Waals surface area contributed by atoms with Crippen LogP contribution in [-0.4, -0.2) is 39.1 Å². The smallest absolute Gasteiger partial charge is 0.327 e. The molecule has 2 atom stereocenters. The molecule has 1 fully saturated rings. The maximum absolute atomic E-state index is 12.4. The largest absolute Gasteiger partial charge is 0.480 e. The summed E-state index contributed by atoms with van der Waals surface area (Å²) in [5.74, 6) is -0.758. The zero-order chi connectivity index (χ0) is 13.3. The first-order valence-electron chi connectivity index (χ1n) is 5.44. The monoisotopic (exact) mass is 329 g/mol. The lowest BCUT2D eigenvalue weighted by Crippen LogP contribution is -2.44. The highest BCUT2D eigenvalue weighted by Gasteiger charge is 2.40. The van der Waals surface area contributed by atoms with E-state index < -0.39 is 12.0 Å². The average Bonchev–Trinajstić information content (AvgIpc) is 2.71. The zero-order valence-electron chi connectivity index (χ0n) is 9.67. The number of aliphatic carboxylic acids is 1. The molecular weight excluding hydrogens is 318 g/mol. The summed E-state index contributed by atoms with van der Waals surface area (Å²) < 4.78 is 0.684. The highest BCUT2D eigenvalue weighted by Crippen LogP contribution is 2.31. The normalized spacial score (nSPS) is 23.1. The Labute approximate surface area is 117 Å². The lowest BCUT2D eigenvalue weighted by atomic mass is 10.1. The predicted molar refractivity (Wildman–Crippen MR) is 73.7 cm³/mol. The summed E-state index contributed by atoms with van der Waals surface area (Å²) in [7, 11) is 0. The average molecular weight is 330 g/mol. The topological polar surface area (TPSA) is 57.6 Å². The first kappa shape index (κ1) is 13.4. The van der Waals surface area contributed by atoms with E-state index in [1.807, 2.05) is 13.0 Å². The molecule has 0 bridgehead atoms. The van der Waals surface area contributed by atoms with Gasteiger partial charge in [-0.05, 0) is 35.0 Å². The van der Waals surface area contributed by atoms with E-state index >= 15 is 0 Å². The molecule has 96 valence electrons. The predicted octanol–water partition coefficient (Wildman–Crippen LogP) is 2.44. The second-order valence-corrected chi connectivity index (χ2v) is 6.18. The molecule has 2 unspecified atom stereocenters. The number of hydrogen-bond donors (Lipinski definition) is 1. The van der Waals surface area contributed by atoms with Crippen molar-refractivity contribution >= 4 is 39.6 Å². The van der Waals surface area contributed by atoms with Crippen LogP contribution in [0.1, 0.15) is 17.3 Å². The van der Waals surface area contributed by atoms with Crippen LogP contribution in [-0.2, 0) is 4.79 Å². The van der Waals surface area contributed by atoms with Gasteiger partial charge in [-0.1, -0.05) is 12.1 Å². The number of hydrogen-bond acceptors (Lipinski definition) is 3. The fourth-order valence-corrected chi connectivity index (χ4v) is 3.54. The van der Waals surface area contributed by atoms with Crippen molar-refractivity contribution in [2.24, 2.45) is 0 Å². The van der Waals surface area contributed by atoms with E-state index in [-0.39, 0.29) is 11.3 Å². The SMILES string of the molecule is CC1SCC(C(=O)O)N1C(=O)c1ccccc1Br. The number of halogens is 1. The quantitative estimate of drug-likeness (QED) is 0.905. The van der Waals surface area contributed by atoms with E-state index in [0.717, 1.165) is 0 Å². The second-order valence-electron chi connectivity index (χ2n) is 3.98. The van der Waals surface area contributed by atoms with E-state index in [2.05, 4.69) is 15.9 Å². The molecule has 2 rings (SSSR count). The zero-order valence-corrected chi connectivity index (χ0v) is 12.1. The molecule has 0 radical (unpaired) electrons. The van der Waals surface area contributed by atoms with Crippen molar-refractivity contribution < 1.29 is 14.7 Å². The van der Waals surface area contributed by atoms with Gasteiger partial charge >= 0.3 is 5.97 Å². The minimum atomic E-state index is -0.952. The van der Waals surface area contributed by atoms with Gasteiger partial charge in [0.15, 0.2) is 0 Å². The Balaban J connectivity index is 2.33. The fourth-order valence-electron chi connectivity index (χ4n) is 1.92. The van der Waals surface area contributed by atoms with Gasteiger partial charge in [0.05, 0.1) is 10.9 Å². The third-order valence-electron chi connectivity index (χ3n) is 2.85. The Hall–Kier alpha value is -1.01. The maximum atomic E-state index is 12.4. The van der Waals surface area contributed by atoms with Crippen molar-refractivity contribution in [3.8, 4) is 0 Å². The number of nitrogens with zero attached hydrogens (tertiary/aromatic N) is 1. The molecule has 1 saturated heterocycles. The Kier molecular flexibility index (Phi) is 3.97. The molecule has 4 nitrogen and oxygen atoms in total. The number of carboxylic acid groups (broad SMARTS) is 1. The molecule has 6 heteroatoms. The molecule has 1 amide bonds. The maximum Gasteiger partial charge on any atom is 0.327 e. The number of amides is 1. The molecule has 1 N–H and O–H groups in total. The van der Waals surface area contributed by atoms with Gasteiger partial charge < -0.3 is 10.0 Å². The van der Waals surface area contributed by atoms with Gasteiger partial charge in [-0.25, -0.2) is 4.79 Å². The van der Waals surface area contributed by atoms with Crippen molar-refractivity contribution in [1.29, 1.82) is 0 Å². The number of benzene rings is 1. The number of carboxylic acids is 1. The van der Waals surface area contributed by atoms with Gasteiger partial charge in [-0.2, -0.15) is 0 Å². The third-order valence-corrected chi connectivity index (χ3v) is 4.76. The lowest BCUT2D eigenvalue weighted by molar-refractivity contribution is -0.141. The molecule has 18 heavy (non-hydrogen) atoms. The number of carbonyl (C=O) groups is 2.